The zero-order valence-electron chi connectivity index (χ0n) is 11.4. The Labute approximate surface area is 112 Å². The van der Waals surface area contributed by atoms with Gasteiger partial charge in [0.25, 0.3) is 0 Å². The molecule has 0 bridgehead atoms. The summed E-state index contributed by atoms with van der Waals surface area (Å²) in [6, 6.07) is 5.11. The number of para-hydroxylation sites is 1. The predicted octanol–water partition coefficient (Wildman–Crippen LogP) is 1.04. The summed E-state index contributed by atoms with van der Waals surface area (Å²) in [4.78, 5) is 26.4. The number of hydrogen-bond acceptors (Lipinski definition) is 3. The van der Waals surface area contributed by atoms with E-state index in [-0.39, 0.29) is 12.5 Å². The van der Waals surface area contributed by atoms with Crippen LogP contribution in [0.25, 0.3) is 0 Å². The van der Waals surface area contributed by atoms with Gasteiger partial charge in [0.05, 0.1) is 6.54 Å². The first kappa shape index (κ1) is 13.4. The minimum atomic E-state index is -0.966. The molecular weight excluding hydrogens is 244 g/mol. The van der Waals surface area contributed by atoms with Crippen LogP contribution in [-0.4, -0.2) is 48.1 Å². The second-order valence-electron chi connectivity index (χ2n) is 4.98. The molecule has 1 aromatic carbocycles. The molecule has 0 aromatic heterocycles. The van der Waals surface area contributed by atoms with Crippen LogP contribution in [0.15, 0.2) is 18.2 Å². The van der Waals surface area contributed by atoms with Crippen LogP contribution in [0.5, 0.6) is 0 Å². The van der Waals surface area contributed by atoms with Gasteiger partial charge >= 0.3 is 5.97 Å². The van der Waals surface area contributed by atoms with Crippen LogP contribution >= 0.6 is 0 Å². The third-order valence-corrected chi connectivity index (χ3v) is 3.62. The minimum Gasteiger partial charge on any atom is -0.480 e. The van der Waals surface area contributed by atoms with E-state index in [0.29, 0.717) is 6.54 Å². The van der Waals surface area contributed by atoms with Crippen LogP contribution < -0.4 is 4.90 Å². The molecule has 19 heavy (non-hydrogen) atoms. The highest BCUT2D eigenvalue weighted by molar-refractivity contribution is 5.89. The van der Waals surface area contributed by atoms with E-state index in [1.165, 1.54) is 4.90 Å². The van der Waals surface area contributed by atoms with Crippen molar-refractivity contribution in [2.45, 2.75) is 19.9 Å². The average molecular weight is 262 g/mol. The van der Waals surface area contributed by atoms with Gasteiger partial charge in [-0.05, 0) is 25.0 Å². The lowest BCUT2D eigenvalue weighted by atomic mass is 10.0. The summed E-state index contributed by atoms with van der Waals surface area (Å²) in [5.41, 5.74) is 3.08. The predicted molar refractivity (Wildman–Crippen MR) is 72.3 cm³/mol. The molecule has 0 spiro atoms. The first-order valence-electron chi connectivity index (χ1n) is 6.21. The Kier molecular flexibility index (Phi) is 3.46. The molecule has 2 rings (SSSR count). The molecule has 1 fully saturated rings. The molecule has 1 atom stereocenters. The molecule has 0 aliphatic carbocycles. The topological polar surface area (TPSA) is 60.9 Å². The number of carboxylic acids is 1. The number of anilines is 1. The van der Waals surface area contributed by atoms with Crippen LogP contribution in [0.2, 0.25) is 0 Å². The normalized spacial score (nSPS) is 19.7. The third-order valence-electron chi connectivity index (χ3n) is 3.62. The highest BCUT2D eigenvalue weighted by Crippen LogP contribution is 2.27. The van der Waals surface area contributed by atoms with Gasteiger partial charge in [-0.3, -0.25) is 4.79 Å². The van der Waals surface area contributed by atoms with Crippen molar-refractivity contribution in [3.63, 3.8) is 0 Å². The van der Waals surface area contributed by atoms with Gasteiger partial charge in [-0.15, -0.1) is 0 Å². The van der Waals surface area contributed by atoms with Crippen molar-refractivity contribution in [2.24, 2.45) is 0 Å². The van der Waals surface area contributed by atoms with Crippen LogP contribution in [-0.2, 0) is 9.59 Å². The quantitative estimate of drug-likeness (QED) is 0.865. The summed E-state index contributed by atoms with van der Waals surface area (Å²) in [6.07, 6.45) is 0. The number of rotatable bonds is 2. The van der Waals surface area contributed by atoms with E-state index in [4.69, 9.17) is 0 Å². The van der Waals surface area contributed by atoms with Crippen LogP contribution in [0.1, 0.15) is 11.1 Å². The first-order valence-corrected chi connectivity index (χ1v) is 6.21. The number of carbonyl (C=O) groups is 2. The number of likely N-dealkylation sites (N-methyl/N-ethyl adjacent to an activating group) is 1. The number of nitrogens with zero attached hydrogens (tertiary/aromatic N) is 2. The van der Waals surface area contributed by atoms with Crippen LogP contribution in [0, 0.1) is 13.8 Å². The third kappa shape index (κ3) is 2.41. The Morgan fingerprint density at radius 3 is 2.42 bits per heavy atom. The zero-order chi connectivity index (χ0) is 14.2. The SMILES string of the molecule is Cc1cccc(C)c1N1CC(=O)N(C)C(C(=O)O)C1. The van der Waals surface area contributed by atoms with E-state index in [0.717, 1.165) is 16.8 Å². The van der Waals surface area contributed by atoms with Gasteiger partial charge in [0.15, 0.2) is 0 Å². The molecule has 0 saturated carbocycles. The van der Waals surface area contributed by atoms with E-state index in [9.17, 15) is 14.7 Å². The Morgan fingerprint density at radius 2 is 1.89 bits per heavy atom. The number of hydrogen-bond donors (Lipinski definition) is 1. The van der Waals surface area contributed by atoms with Crippen molar-refractivity contribution in [3.8, 4) is 0 Å². The summed E-state index contributed by atoms with van der Waals surface area (Å²) >= 11 is 0. The lowest BCUT2D eigenvalue weighted by Gasteiger charge is -2.39. The maximum Gasteiger partial charge on any atom is 0.328 e. The Hall–Kier alpha value is -2.04. The molecule has 1 aromatic rings. The van der Waals surface area contributed by atoms with Gasteiger partial charge in [-0.1, -0.05) is 18.2 Å². The molecule has 102 valence electrons. The standard InChI is InChI=1S/C14H18N2O3/c1-9-5-4-6-10(2)13(9)16-7-11(14(18)19)15(3)12(17)8-16/h4-6,11H,7-8H2,1-3H3,(H,18,19). The number of carboxylic acid groups (broad SMARTS) is 1. The molecule has 1 unspecified atom stereocenters. The van der Waals surface area contributed by atoms with E-state index >= 15 is 0 Å². The fraction of sp³-hybridized carbons (Fsp3) is 0.429. The second kappa shape index (κ2) is 4.91. The maximum atomic E-state index is 11.9. The second-order valence-corrected chi connectivity index (χ2v) is 4.98. The maximum absolute atomic E-state index is 11.9. The summed E-state index contributed by atoms with van der Waals surface area (Å²) < 4.78 is 0. The molecule has 1 saturated heterocycles. The Morgan fingerprint density at radius 1 is 1.32 bits per heavy atom. The van der Waals surface area contributed by atoms with Crippen molar-refractivity contribution in [2.75, 3.05) is 25.0 Å². The molecule has 5 nitrogen and oxygen atoms in total. The average Bonchev–Trinajstić information content (AvgIpc) is 2.32. The van der Waals surface area contributed by atoms with E-state index in [2.05, 4.69) is 0 Å². The molecule has 1 amide bonds. The van der Waals surface area contributed by atoms with Crippen molar-refractivity contribution in [1.82, 2.24) is 4.90 Å². The molecule has 1 heterocycles. The summed E-state index contributed by atoms with van der Waals surface area (Å²) in [5.74, 6) is -1.13. The number of aliphatic carboxylic acids is 1. The zero-order valence-corrected chi connectivity index (χ0v) is 11.4. The van der Waals surface area contributed by atoms with Gasteiger partial charge in [0.2, 0.25) is 5.91 Å². The molecule has 5 heteroatoms. The van der Waals surface area contributed by atoms with Crippen molar-refractivity contribution < 1.29 is 14.7 Å². The van der Waals surface area contributed by atoms with Gasteiger partial charge in [-0.2, -0.15) is 0 Å². The monoisotopic (exact) mass is 262 g/mol. The first-order chi connectivity index (χ1) is 8.91. The van der Waals surface area contributed by atoms with Crippen molar-refractivity contribution in [3.05, 3.63) is 29.3 Å². The number of benzene rings is 1. The van der Waals surface area contributed by atoms with Gasteiger partial charge < -0.3 is 14.9 Å². The lowest BCUT2D eigenvalue weighted by Crippen LogP contribution is -2.58. The Balaban J connectivity index is 2.36. The number of amides is 1. The van der Waals surface area contributed by atoms with Crippen LogP contribution in [0.3, 0.4) is 0 Å². The molecular formula is C14H18N2O3. The number of carbonyl (C=O) groups excluding carboxylic acids is 1. The summed E-state index contributed by atoms with van der Waals surface area (Å²) in [6.45, 7) is 4.50. The largest absolute Gasteiger partial charge is 0.480 e. The number of aryl methyl sites for hydroxylation is 2. The van der Waals surface area contributed by atoms with Gasteiger partial charge in [0, 0.05) is 19.3 Å². The summed E-state index contributed by atoms with van der Waals surface area (Å²) in [7, 11) is 1.54. The van der Waals surface area contributed by atoms with Gasteiger partial charge in [0.1, 0.15) is 6.04 Å². The highest BCUT2D eigenvalue weighted by atomic mass is 16.4. The Bertz CT molecular complexity index is 507. The van der Waals surface area contributed by atoms with Crippen LogP contribution in [0.4, 0.5) is 5.69 Å². The van der Waals surface area contributed by atoms with Crippen molar-refractivity contribution >= 4 is 17.6 Å². The minimum absolute atomic E-state index is 0.165. The summed E-state index contributed by atoms with van der Waals surface area (Å²) in [5, 5.41) is 9.21. The molecule has 1 aliphatic rings. The number of piperazine rings is 1. The van der Waals surface area contributed by atoms with E-state index < -0.39 is 12.0 Å². The molecule has 1 aliphatic heterocycles. The fourth-order valence-electron chi connectivity index (χ4n) is 2.56. The van der Waals surface area contributed by atoms with E-state index in [1.807, 2.05) is 36.9 Å². The van der Waals surface area contributed by atoms with Crippen molar-refractivity contribution in [1.29, 1.82) is 0 Å². The van der Waals surface area contributed by atoms with Gasteiger partial charge in [-0.25, -0.2) is 4.79 Å². The molecule has 0 radical (unpaired) electrons. The molecule has 1 N–H and O–H groups in total. The smallest absolute Gasteiger partial charge is 0.328 e. The fourth-order valence-corrected chi connectivity index (χ4v) is 2.56. The lowest BCUT2D eigenvalue weighted by molar-refractivity contribution is -0.149. The van der Waals surface area contributed by atoms with E-state index in [1.54, 1.807) is 7.05 Å². The highest BCUT2D eigenvalue weighted by Gasteiger charge is 2.35.